The van der Waals surface area contributed by atoms with E-state index in [0.29, 0.717) is 34.8 Å². The quantitative estimate of drug-likeness (QED) is 0.0681. The van der Waals surface area contributed by atoms with Gasteiger partial charge in [0.25, 0.3) is 0 Å². The molecule has 0 saturated heterocycles. The van der Waals surface area contributed by atoms with Crippen molar-refractivity contribution in [3.63, 3.8) is 0 Å². The third-order valence-electron chi connectivity index (χ3n) is 8.88. The molecule has 5 aromatic heterocycles. The second kappa shape index (κ2) is 19.9. The van der Waals surface area contributed by atoms with Crippen LogP contribution in [-0.4, -0.2) is 59.2 Å². The Hall–Kier alpha value is -8.33. The van der Waals surface area contributed by atoms with E-state index >= 15 is 0 Å². The highest BCUT2D eigenvalue weighted by atomic mass is 16.5. The summed E-state index contributed by atoms with van der Waals surface area (Å²) in [5.41, 5.74) is 7.39. The van der Waals surface area contributed by atoms with Gasteiger partial charge in [0.15, 0.2) is 0 Å². The number of amides is 1. The van der Waals surface area contributed by atoms with Crippen molar-refractivity contribution in [1.82, 2.24) is 39.0 Å². The topological polar surface area (TPSA) is 171 Å². The van der Waals surface area contributed by atoms with Gasteiger partial charge in [-0.1, -0.05) is 31.4 Å². The molecule has 0 aliphatic carbocycles. The third kappa shape index (κ3) is 10.0. The summed E-state index contributed by atoms with van der Waals surface area (Å²) in [6.07, 6.45) is 11.8. The number of hydrogen-bond donors (Lipinski definition) is 4. The van der Waals surface area contributed by atoms with Crippen molar-refractivity contribution in [2.75, 3.05) is 35.5 Å². The van der Waals surface area contributed by atoms with E-state index in [1.54, 1.807) is 63.3 Å². The number of anilines is 6. The smallest absolute Gasteiger partial charge is 0.247 e. The van der Waals surface area contributed by atoms with Gasteiger partial charge in [-0.25, -0.2) is 24.9 Å². The molecule has 3 aromatic carbocycles. The molecule has 8 rings (SSSR count). The molecule has 0 atom stereocenters. The van der Waals surface area contributed by atoms with Crippen LogP contribution in [0.5, 0.6) is 11.5 Å². The van der Waals surface area contributed by atoms with Crippen molar-refractivity contribution in [3.8, 4) is 28.6 Å². The van der Waals surface area contributed by atoms with E-state index in [1.165, 1.54) is 6.08 Å². The molecule has 0 radical (unpaired) electrons. The lowest BCUT2D eigenvalue weighted by Gasteiger charge is -2.13. The van der Waals surface area contributed by atoms with Gasteiger partial charge >= 0.3 is 0 Å². The molecule has 0 aliphatic rings. The largest absolute Gasteiger partial charge is 0.495 e. The number of carbonyl (C=O) groups is 1. The number of benzene rings is 3. The maximum atomic E-state index is 11.6. The number of imidazole rings is 1. The number of fused-ring (bicyclic) bond motifs is 2. The zero-order valence-corrected chi connectivity index (χ0v) is 34.5. The highest BCUT2D eigenvalue weighted by molar-refractivity contribution is 5.99. The molecule has 61 heavy (non-hydrogen) atoms. The van der Waals surface area contributed by atoms with Crippen LogP contribution in [0.25, 0.3) is 39.1 Å². The molecule has 8 aromatic rings. The van der Waals surface area contributed by atoms with Gasteiger partial charge in [0.05, 0.1) is 42.3 Å². The van der Waals surface area contributed by atoms with Crippen LogP contribution in [0.3, 0.4) is 0 Å². The first-order valence-electron chi connectivity index (χ1n) is 19.0. The summed E-state index contributed by atoms with van der Waals surface area (Å²) < 4.78 is 14.8. The van der Waals surface area contributed by atoms with Crippen LogP contribution in [0.1, 0.15) is 12.7 Å². The predicted octanol–water partition coefficient (Wildman–Crippen LogP) is 9.53. The SMILES string of the molecule is C=CC.C=CC(=O)Nc1ccc(OC)c(Nc2nccc(-c3cn(C)c4ncccc34)n2)c1.C=CNc1ccc(OC)c(Nc2nccc(-n3c(C)nc4ccccc43)n2)c1. The Kier molecular flexibility index (Phi) is 13.8. The van der Waals surface area contributed by atoms with Crippen LogP contribution >= 0.6 is 0 Å². The lowest BCUT2D eigenvalue weighted by Crippen LogP contribution is -2.08. The van der Waals surface area contributed by atoms with E-state index in [1.807, 2.05) is 103 Å². The zero-order chi connectivity index (χ0) is 43.3. The Morgan fingerprint density at radius 3 is 2.10 bits per heavy atom. The molecule has 5 heterocycles. The van der Waals surface area contributed by atoms with Gasteiger partial charge in [0.2, 0.25) is 17.8 Å². The summed E-state index contributed by atoms with van der Waals surface area (Å²) in [6, 6.07) is 26.5. The normalized spacial score (nSPS) is 10.3. The van der Waals surface area contributed by atoms with Crippen LogP contribution in [0.15, 0.2) is 148 Å². The molecule has 0 spiro atoms. The summed E-state index contributed by atoms with van der Waals surface area (Å²) >= 11 is 0. The standard InChI is InChI=1S/C22H20N6O2.C21H20N6O.C3H6/c1-4-20(29)25-14-7-8-19(30-3)18(12-14)27-22-24-11-9-17(26-22)16-13-28(2)21-15(16)6-5-10-23-21;1-4-22-15-9-10-19(28-3)17(13-15)25-21-23-12-11-20(26-21)27-14(2)24-16-7-5-6-8-18(16)27;1-3-2/h4-13H,1H2,2-3H3,(H,25,29)(H,24,26,27);4-13,22H,1H2,2-3H3,(H,23,25,26);3H,1H2,2H3. The minimum atomic E-state index is -0.297. The van der Waals surface area contributed by atoms with Crippen molar-refractivity contribution in [1.29, 1.82) is 0 Å². The minimum Gasteiger partial charge on any atom is -0.495 e. The van der Waals surface area contributed by atoms with Gasteiger partial charge in [0.1, 0.15) is 28.8 Å². The molecule has 0 fully saturated rings. The maximum Gasteiger partial charge on any atom is 0.247 e. The van der Waals surface area contributed by atoms with Crippen molar-refractivity contribution in [2.45, 2.75) is 13.8 Å². The molecular formula is C46H46N12O3. The predicted molar refractivity (Wildman–Crippen MR) is 244 cm³/mol. The minimum absolute atomic E-state index is 0.297. The number of methoxy groups -OCH3 is 2. The molecule has 1 amide bonds. The first-order chi connectivity index (χ1) is 29.7. The monoisotopic (exact) mass is 814 g/mol. The van der Waals surface area contributed by atoms with Gasteiger partial charge in [-0.2, -0.15) is 4.98 Å². The Morgan fingerprint density at radius 1 is 0.754 bits per heavy atom. The molecule has 15 heteroatoms. The molecule has 308 valence electrons. The lowest BCUT2D eigenvalue weighted by molar-refractivity contribution is -0.111. The number of carbonyl (C=O) groups excluding carboxylic acids is 1. The molecule has 4 N–H and O–H groups in total. The number of aryl methyl sites for hydroxylation is 2. The second-order valence-corrected chi connectivity index (χ2v) is 13.0. The summed E-state index contributed by atoms with van der Waals surface area (Å²) in [5, 5.41) is 13.2. The number of ether oxygens (including phenoxy) is 2. The number of pyridine rings is 1. The Balaban J connectivity index is 0.000000192. The zero-order valence-electron chi connectivity index (χ0n) is 34.5. The van der Waals surface area contributed by atoms with E-state index in [0.717, 1.165) is 56.3 Å². The highest BCUT2D eigenvalue weighted by Crippen LogP contribution is 2.33. The first-order valence-corrected chi connectivity index (χ1v) is 19.0. The lowest BCUT2D eigenvalue weighted by atomic mass is 10.1. The Morgan fingerprint density at radius 2 is 1.41 bits per heavy atom. The van der Waals surface area contributed by atoms with Gasteiger partial charge < -0.3 is 35.3 Å². The van der Waals surface area contributed by atoms with Crippen molar-refractivity contribution in [2.24, 2.45) is 7.05 Å². The molecule has 0 aliphatic heterocycles. The third-order valence-corrected chi connectivity index (χ3v) is 8.88. The fourth-order valence-corrected chi connectivity index (χ4v) is 6.29. The molecule has 15 nitrogen and oxygen atoms in total. The highest BCUT2D eigenvalue weighted by Gasteiger charge is 2.14. The summed E-state index contributed by atoms with van der Waals surface area (Å²) in [4.78, 5) is 38.7. The van der Waals surface area contributed by atoms with Crippen LogP contribution in [0.4, 0.5) is 34.6 Å². The number of rotatable bonds is 12. The van der Waals surface area contributed by atoms with Crippen LogP contribution in [0.2, 0.25) is 0 Å². The van der Waals surface area contributed by atoms with E-state index in [9.17, 15) is 4.79 Å². The fraction of sp³-hybridized carbons (Fsp3) is 0.109. The van der Waals surface area contributed by atoms with E-state index in [-0.39, 0.29) is 5.91 Å². The van der Waals surface area contributed by atoms with E-state index < -0.39 is 0 Å². The van der Waals surface area contributed by atoms with Gasteiger partial charge in [-0.3, -0.25) is 9.36 Å². The van der Waals surface area contributed by atoms with Gasteiger partial charge in [-0.05, 0) is 98.9 Å². The first kappa shape index (κ1) is 42.3. The fourth-order valence-electron chi connectivity index (χ4n) is 6.29. The Labute approximate surface area is 353 Å². The van der Waals surface area contributed by atoms with E-state index in [4.69, 9.17) is 9.47 Å². The summed E-state index contributed by atoms with van der Waals surface area (Å²) in [5.74, 6) is 3.45. The number of nitrogens with one attached hydrogen (secondary N) is 4. The van der Waals surface area contributed by atoms with Crippen molar-refractivity contribution in [3.05, 3.63) is 154 Å². The number of para-hydroxylation sites is 2. The molecular weight excluding hydrogens is 769 g/mol. The van der Waals surface area contributed by atoms with Crippen molar-refractivity contribution >= 4 is 62.6 Å². The molecule has 0 saturated carbocycles. The number of nitrogens with zero attached hydrogens (tertiary/aromatic N) is 8. The summed E-state index contributed by atoms with van der Waals surface area (Å²) in [6.45, 7) is 14.4. The summed E-state index contributed by atoms with van der Waals surface area (Å²) in [7, 11) is 5.15. The average Bonchev–Trinajstić information content (AvgIpc) is 3.80. The number of aromatic nitrogens is 8. The van der Waals surface area contributed by atoms with Gasteiger partial charge in [0, 0.05) is 54.2 Å². The van der Waals surface area contributed by atoms with Crippen LogP contribution in [0, 0.1) is 6.92 Å². The maximum absolute atomic E-state index is 11.6. The average molecular weight is 815 g/mol. The Bertz CT molecular complexity index is 2830. The number of allylic oxidation sites excluding steroid dienone is 1. The second-order valence-electron chi connectivity index (χ2n) is 13.0. The van der Waals surface area contributed by atoms with Crippen LogP contribution in [-0.2, 0) is 11.8 Å². The van der Waals surface area contributed by atoms with Crippen LogP contribution < -0.4 is 30.7 Å². The van der Waals surface area contributed by atoms with Gasteiger partial charge in [-0.15, -0.1) is 6.58 Å². The molecule has 0 bridgehead atoms. The molecule has 0 unspecified atom stereocenters. The van der Waals surface area contributed by atoms with Crippen molar-refractivity contribution < 1.29 is 14.3 Å². The number of hydrogen-bond acceptors (Lipinski definition) is 12. The van der Waals surface area contributed by atoms with E-state index in [2.05, 4.69) is 70.9 Å².